The molecule has 1 unspecified atom stereocenters. The molecule has 0 N–H and O–H groups in total. The fourth-order valence-corrected chi connectivity index (χ4v) is 3.23. The summed E-state index contributed by atoms with van der Waals surface area (Å²) in [5.74, 6) is 0.143. The molecule has 116 valence electrons. The summed E-state index contributed by atoms with van der Waals surface area (Å²) < 4.78 is 5.42. The van der Waals surface area contributed by atoms with E-state index in [1.165, 1.54) is 32.1 Å². The van der Waals surface area contributed by atoms with Crippen molar-refractivity contribution >= 4 is 5.97 Å². The quantitative estimate of drug-likeness (QED) is 0.375. The Morgan fingerprint density at radius 1 is 1.19 bits per heavy atom. The van der Waals surface area contributed by atoms with Crippen LogP contribution in [0.25, 0.3) is 5.32 Å². The van der Waals surface area contributed by atoms with Gasteiger partial charge in [-0.15, -0.1) is 13.1 Å². The number of nitrogens with zero attached hydrogens (tertiary/aromatic N) is 2. The molecule has 0 spiro atoms. The van der Waals surface area contributed by atoms with Gasteiger partial charge in [-0.1, -0.05) is 39.0 Å². The van der Waals surface area contributed by atoms with E-state index in [9.17, 15) is 4.79 Å². The van der Waals surface area contributed by atoms with Gasteiger partial charge in [0.2, 0.25) is 0 Å². The van der Waals surface area contributed by atoms with Crippen LogP contribution < -0.4 is 18.9 Å². The molecule has 2 heterocycles. The first-order valence-electron chi connectivity index (χ1n) is 8.35. The number of carbonyl (C=O) groups is 1. The van der Waals surface area contributed by atoms with Crippen molar-refractivity contribution in [2.75, 3.05) is 32.8 Å². The third-order valence-electron chi connectivity index (χ3n) is 4.55. The molecule has 0 aromatic carbocycles. The summed E-state index contributed by atoms with van der Waals surface area (Å²) in [5.41, 5.74) is 0. The van der Waals surface area contributed by atoms with Crippen molar-refractivity contribution in [3.63, 3.8) is 0 Å². The molecular formula is C16H29LiN2O2. The predicted octanol–water partition coefficient (Wildman–Crippen LogP) is -0.0281. The molecule has 0 saturated carbocycles. The van der Waals surface area contributed by atoms with Crippen LogP contribution in [0.15, 0.2) is 0 Å². The Morgan fingerprint density at radius 3 is 2.67 bits per heavy atom. The zero-order chi connectivity index (χ0) is 14.2. The average molecular weight is 288 g/mol. The maximum atomic E-state index is 12.0. The van der Waals surface area contributed by atoms with E-state index >= 15 is 0 Å². The van der Waals surface area contributed by atoms with Crippen LogP contribution in [-0.2, 0) is 9.53 Å². The minimum atomic E-state index is 0. The minimum Gasteiger partial charge on any atom is -0.662 e. The molecule has 0 bridgehead atoms. The molecule has 4 nitrogen and oxygen atoms in total. The van der Waals surface area contributed by atoms with E-state index in [0.29, 0.717) is 12.6 Å². The van der Waals surface area contributed by atoms with Crippen LogP contribution in [-0.4, -0.2) is 49.7 Å². The Hall–Kier alpha value is -0.0126. The van der Waals surface area contributed by atoms with E-state index in [1.807, 2.05) is 0 Å². The molecule has 0 aromatic rings. The third-order valence-corrected chi connectivity index (χ3v) is 4.55. The van der Waals surface area contributed by atoms with Crippen molar-refractivity contribution in [3.8, 4) is 0 Å². The van der Waals surface area contributed by atoms with E-state index in [-0.39, 0.29) is 30.7 Å². The molecule has 0 amide bonds. The molecule has 0 radical (unpaired) electrons. The number of likely N-dealkylation sites (tertiary alicyclic amines) is 1. The van der Waals surface area contributed by atoms with E-state index < -0.39 is 0 Å². The summed E-state index contributed by atoms with van der Waals surface area (Å²) in [6, 6.07) is 0.648. The number of hydrogen-bond donors (Lipinski definition) is 0. The van der Waals surface area contributed by atoms with Gasteiger partial charge in [-0.3, -0.25) is 9.69 Å². The Morgan fingerprint density at radius 2 is 1.95 bits per heavy atom. The van der Waals surface area contributed by atoms with Crippen LogP contribution in [0.5, 0.6) is 0 Å². The molecule has 2 saturated heterocycles. The van der Waals surface area contributed by atoms with Crippen molar-refractivity contribution in [1.29, 1.82) is 0 Å². The zero-order valence-electron chi connectivity index (χ0n) is 13.9. The van der Waals surface area contributed by atoms with Crippen LogP contribution >= 0.6 is 0 Å². The van der Waals surface area contributed by atoms with Gasteiger partial charge in [0.25, 0.3) is 0 Å². The standard InChI is InChI=1S/C16H29N2O2.Li/c1-2-3-4-5-12-20-16(19)14-8-11-18(13-14)15-6-9-17-10-7-15;/h14-15H,2-13H2,1H3;/q-1;+1. The van der Waals surface area contributed by atoms with Gasteiger partial charge in [0, 0.05) is 12.6 Å². The normalized spacial score (nSPS) is 23.8. The minimum absolute atomic E-state index is 0. The number of piperidine rings is 1. The van der Waals surface area contributed by atoms with Gasteiger partial charge < -0.3 is 10.1 Å². The van der Waals surface area contributed by atoms with E-state index in [2.05, 4.69) is 17.1 Å². The maximum absolute atomic E-state index is 12.0. The number of esters is 1. The maximum Gasteiger partial charge on any atom is 1.00 e. The second kappa shape index (κ2) is 10.7. The molecule has 5 heteroatoms. The Kier molecular flexibility index (Phi) is 9.67. The first kappa shape index (κ1) is 19.0. The van der Waals surface area contributed by atoms with Gasteiger partial charge in [-0.2, -0.15) is 0 Å². The van der Waals surface area contributed by atoms with Gasteiger partial charge in [0.05, 0.1) is 12.5 Å². The van der Waals surface area contributed by atoms with Crippen LogP contribution in [0.4, 0.5) is 0 Å². The third kappa shape index (κ3) is 6.32. The molecule has 2 fully saturated rings. The Bertz CT molecular complexity index is 296. The van der Waals surface area contributed by atoms with Crippen LogP contribution in [0, 0.1) is 5.92 Å². The fourth-order valence-electron chi connectivity index (χ4n) is 3.23. The summed E-state index contributed by atoms with van der Waals surface area (Å²) in [5, 5.41) is 4.40. The predicted molar refractivity (Wildman–Crippen MR) is 80.9 cm³/mol. The molecule has 2 rings (SSSR count). The molecule has 2 aliphatic heterocycles. The van der Waals surface area contributed by atoms with E-state index in [4.69, 9.17) is 4.74 Å². The van der Waals surface area contributed by atoms with Gasteiger partial charge in [-0.05, 0) is 19.4 Å². The topological polar surface area (TPSA) is 43.6 Å². The Labute approximate surface area is 141 Å². The van der Waals surface area contributed by atoms with Gasteiger partial charge >= 0.3 is 24.8 Å². The van der Waals surface area contributed by atoms with Crippen molar-refractivity contribution in [2.45, 2.75) is 57.9 Å². The summed E-state index contributed by atoms with van der Waals surface area (Å²) in [6.45, 7) is 6.75. The van der Waals surface area contributed by atoms with Crippen molar-refractivity contribution in [1.82, 2.24) is 4.90 Å². The summed E-state index contributed by atoms with van der Waals surface area (Å²) >= 11 is 0. The first-order chi connectivity index (χ1) is 9.81. The van der Waals surface area contributed by atoms with Crippen LogP contribution in [0.2, 0.25) is 0 Å². The smallest absolute Gasteiger partial charge is 0.662 e. The zero-order valence-corrected chi connectivity index (χ0v) is 13.9. The monoisotopic (exact) mass is 288 g/mol. The molecule has 0 aliphatic carbocycles. The van der Waals surface area contributed by atoms with Crippen LogP contribution in [0.3, 0.4) is 0 Å². The Balaban J connectivity index is 0.00000220. The number of unbranched alkanes of at least 4 members (excludes halogenated alkanes) is 3. The van der Waals surface area contributed by atoms with Crippen LogP contribution in [0.1, 0.15) is 51.9 Å². The number of ether oxygens (including phenoxy) is 1. The first-order valence-corrected chi connectivity index (χ1v) is 8.35. The number of hydrogen-bond acceptors (Lipinski definition) is 3. The second-order valence-corrected chi connectivity index (χ2v) is 6.11. The summed E-state index contributed by atoms with van der Waals surface area (Å²) in [6.07, 6.45) is 7.95. The fraction of sp³-hybridized carbons (Fsp3) is 0.938. The van der Waals surface area contributed by atoms with Crippen molar-refractivity contribution < 1.29 is 28.4 Å². The van der Waals surface area contributed by atoms with Crippen molar-refractivity contribution in [3.05, 3.63) is 5.32 Å². The molecular weight excluding hydrogens is 259 g/mol. The average Bonchev–Trinajstić information content (AvgIpc) is 2.98. The summed E-state index contributed by atoms with van der Waals surface area (Å²) in [4.78, 5) is 14.5. The second-order valence-electron chi connectivity index (χ2n) is 6.11. The number of carbonyl (C=O) groups excluding carboxylic acids is 1. The van der Waals surface area contributed by atoms with Gasteiger partial charge in [-0.25, -0.2) is 0 Å². The molecule has 0 aromatic heterocycles. The summed E-state index contributed by atoms with van der Waals surface area (Å²) in [7, 11) is 0. The SMILES string of the molecule is CCCCCCOC(=O)C1CCN(C2CC[N-]CC2)C1.[Li+]. The van der Waals surface area contributed by atoms with Crippen molar-refractivity contribution in [2.24, 2.45) is 5.92 Å². The van der Waals surface area contributed by atoms with E-state index in [0.717, 1.165) is 39.0 Å². The molecule has 2 aliphatic rings. The van der Waals surface area contributed by atoms with Gasteiger partial charge in [0.1, 0.15) is 0 Å². The van der Waals surface area contributed by atoms with Gasteiger partial charge in [0.15, 0.2) is 0 Å². The number of rotatable bonds is 7. The largest absolute Gasteiger partial charge is 1.00 e. The van der Waals surface area contributed by atoms with E-state index in [1.54, 1.807) is 0 Å². The molecule has 1 atom stereocenters. The molecule has 21 heavy (non-hydrogen) atoms.